The Morgan fingerprint density at radius 2 is 1.28 bits per heavy atom. The van der Waals surface area contributed by atoms with Crippen LogP contribution in [-0.4, -0.2) is 23.1 Å². The van der Waals surface area contributed by atoms with Crippen molar-refractivity contribution in [1.29, 1.82) is 0 Å². The highest BCUT2D eigenvalue weighted by Gasteiger charge is 2.45. The lowest BCUT2D eigenvalue weighted by molar-refractivity contribution is -0.137. The third kappa shape index (κ3) is 4.34. The molecule has 4 aliphatic rings. The van der Waals surface area contributed by atoms with E-state index in [1.807, 2.05) is 25.1 Å². The van der Waals surface area contributed by atoms with E-state index in [1.54, 1.807) is 18.2 Å². The zero-order chi connectivity index (χ0) is 32.1. The fourth-order valence-electron chi connectivity index (χ4n) is 6.97. The van der Waals surface area contributed by atoms with Crippen LogP contribution in [-0.2, 0) is 21.4 Å². The predicted octanol–water partition coefficient (Wildman–Crippen LogP) is 8.97. The Morgan fingerprint density at radius 3 is 1.93 bits per heavy atom. The van der Waals surface area contributed by atoms with Gasteiger partial charge in [0.1, 0.15) is 11.4 Å². The lowest BCUT2D eigenvalue weighted by Gasteiger charge is -2.40. The first-order chi connectivity index (χ1) is 21.9. The number of allylic oxidation sites excluding steroid dienone is 2. The summed E-state index contributed by atoms with van der Waals surface area (Å²) in [5.74, 6) is -2.19. The Balaban J connectivity index is 1.23. The monoisotopic (exact) mass is 656 g/mol. The van der Waals surface area contributed by atoms with Crippen LogP contribution in [0.5, 0.6) is 5.75 Å². The van der Waals surface area contributed by atoms with Crippen LogP contribution in [0, 0.1) is 6.92 Å². The number of fused-ring (bicyclic) bond motifs is 6. The van der Waals surface area contributed by atoms with Crippen molar-refractivity contribution in [2.24, 2.45) is 0 Å². The van der Waals surface area contributed by atoms with E-state index in [0.29, 0.717) is 27.3 Å². The highest BCUT2D eigenvalue weighted by atomic mass is 32.1. The van der Waals surface area contributed by atoms with Crippen LogP contribution in [0.3, 0.4) is 0 Å². The van der Waals surface area contributed by atoms with Crippen molar-refractivity contribution in [3.8, 4) is 15.5 Å². The quantitative estimate of drug-likeness (QED) is 0.159. The van der Waals surface area contributed by atoms with Crippen LogP contribution >= 0.6 is 22.7 Å². The topological polar surface area (TPSA) is 77.5 Å². The second-order valence-corrected chi connectivity index (χ2v) is 14.3. The van der Waals surface area contributed by atoms with Gasteiger partial charge in [-0.3, -0.25) is 19.2 Å². The molecular weight excluding hydrogens is 634 g/mol. The number of carbonyl (C=O) groups is 4. The van der Waals surface area contributed by atoms with Crippen molar-refractivity contribution in [3.05, 3.63) is 97.2 Å². The van der Waals surface area contributed by atoms with Gasteiger partial charge in [0.05, 0.1) is 15.3 Å². The lowest BCUT2D eigenvalue weighted by atomic mass is 9.78. The fourth-order valence-corrected chi connectivity index (χ4v) is 9.34. The van der Waals surface area contributed by atoms with Gasteiger partial charge in [0, 0.05) is 37.6 Å². The third-order valence-electron chi connectivity index (χ3n) is 9.20. The van der Waals surface area contributed by atoms with Gasteiger partial charge in [0.15, 0.2) is 0 Å². The van der Waals surface area contributed by atoms with E-state index in [1.165, 1.54) is 28.7 Å². The fraction of sp³-hybridized carbons (Fsp3) is 0.222. The van der Waals surface area contributed by atoms with E-state index >= 15 is 0 Å². The minimum Gasteiger partial charge on any atom is -0.481 e. The summed E-state index contributed by atoms with van der Waals surface area (Å²) in [5, 5.41) is 0. The molecule has 2 aromatic heterocycles. The largest absolute Gasteiger partial charge is 0.481 e. The SMILES string of the molecule is Cc1ccc2c(c1)C(=O)C(=O)/C2=C\c1cc2c(s1)-c1sc(/C=C3\C(=O)C(=O)c4cc(C(F)(F)F)ccc43)cc1OC21CCCCC1. The standard InChI is InChI=1S/C36H23F3O5S2/c1-17-5-7-21-23(11-17)29(40)31(42)25(21)13-19-15-27-33(45-19)34-28(44-35(27)9-3-2-4-10-35)16-20(46-34)14-26-22-8-6-18(36(37,38)39)12-24(22)30(41)32(26)43/h5-8,11-16H,2-4,9-10H2,1H3/b25-13-,26-14-. The summed E-state index contributed by atoms with van der Waals surface area (Å²) in [5.41, 5.74) is 1.76. The minimum absolute atomic E-state index is 0.0508. The van der Waals surface area contributed by atoms with Crippen molar-refractivity contribution >= 4 is 69.1 Å². The molecule has 1 aliphatic heterocycles. The first-order valence-corrected chi connectivity index (χ1v) is 16.5. The summed E-state index contributed by atoms with van der Waals surface area (Å²) in [7, 11) is 0. The number of rotatable bonds is 2. The number of thiophene rings is 2. The van der Waals surface area contributed by atoms with E-state index in [9.17, 15) is 32.3 Å². The molecule has 0 amide bonds. The van der Waals surface area contributed by atoms with E-state index < -0.39 is 40.5 Å². The number of carbonyl (C=O) groups excluding carboxylic acids is 4. The minimum atomic E-state index is -4.64. The summed E-state index contributed by atoms with van der Waals surface area (Å²) in [6, 6.07) is 12.1. The van der Waals surface area contributed by atoms with Gasteiger partial charge in [-0.05, 0) is 86.2 Å². The van der Waals surface area contributed by atoms with Crippen LogP contribution < -0.4 is 4.74 Å². The second-order valence-electron chi connectivity index (χ2n) is 12.1. The molecule has 0 N–H and O–H groups in total. The van der Waals surface area contributed by atoms with E-state index in [-0.39, 0.29) is 16.7 Å². The summed E-state index contributed by atoms with van der Waals surface area (Å²) in [6.45, 7) is 1.88. The zero-order valence-corrected chi connectivity index (χ0v) is 25.9. The van der Waals surface area contributed by atoms with Crippen LogP contribution in [0.25, 0.3) is 33.1 Å². The van der Waals surface area contributed by atoms with Crippen LogP contribution in [0.4, 0.5) is 13.2 Å². The first kappa shape index (κ1) is 29.0. The number of ether oxygens (including phenoxy) is 1. The molecule has 3 aliphatic carbocycles. The predicted molar refractivity (Wildman–Crippen MR) is 170 cm³/mol. The number of aryl methyl sites for hydroxylation is 1. The lowest BCUT2D eigenvalue weighted by Crippen LogP contribution is -2.37. The molecule has 3 heterocycles. The summed E-state index contributed by atoms with van der Waals surface area (Å²) >= 11 is 2.87. The van der Waals surface area contributed by atoms with Gasteiger partial charge in [-0.25, -0.2) is 0 Å². The van der Waals surface area contributed by atoms with Crippen molar-refractivity contribution < 1.29 is 37.1 Å². The molecule has 5 nitrogen and oxygen atoms in total. The molecule has 1 fully saturated rings. The van der Waals surface area contributed by atoms with Gasteiger partial charge in [-0.2, -0.15) is 13.2 Å². The molecule has 10 heteroatoms. The number of benzene rings is 2. The molecule has 0 unspecified atom stereocenters. The van der Waals surface area contributed by atoms with E-state index in [4.69, 9.17) is 4.74 Å². The second kappa shape index (κ2) is 10.0. The van der Waals surface area contributed by atoms with Crippen LogP contribution in [0.1, 0.15) is 90.4 Å². The number of hydrogen-bond donors (Lipinski definition) is 0. The average Bonchev–Trinajstić information content (AvgIpc) is 3.75. The van der Waals surface area contributed by atoms with Crippen LogP contribution in [0.2, 0.25) is 0 Å². The summed E-state index contributed by atoms with van der Waals surface area (Å²) in [6.07, 6.45) is 3.36. The third-order valence-corrected chi connectivity index (χ3v) is 11.5. The van der Waals surface area contributed by atoms with E-state index in [2.05, 4.69) is 6.07 Å². The smallest absolute Gasteiger partial charge is 0.416 e. The Bertz CT molecular complexity index is 2140. The van der Waals surface area contributed by atoms with E-state index in [0.717, 1.165) is 70.0 Å². The first-order valence-electron chi connectivity index (χ1n) is 14.9. The molecule has 0 radical (unpaired) electrons. The maximum absolute atomic E-state index is 13.3. The van der Waals surface area contributed by atoms with Gasteiger partial charge >= 0.3 is 6.18 Å². The van der Waals surface area contributed by atoms with Crippen LogP contribution in [0.15, 0.2) is 48.5 Å². The highest BCUT2D eigenvalue weighted by molar-refractivity contribution is 7.23. The van der Waals surface area contributed by atoms with Gasteiger partial charge < -0.3 is 4.74 Å². The molecule has 230 valence electrons. The number of alkyl halides is 3. The summed E-state index contributed by atoms with van der Waals surface area (Å²) in [4.78, 5) is 54.7. The Hall–Kier alpha value is -4.41. The Kier molecular flexibility index (Phi) is 6.34. The van der Waals surface area contributed by atoms with Gasteiger partial charge in [-0.15, -0.1) is 22.7 Å². The molecule has 0 atom stereocenters. The summed E-state index contributed by atoms with van der Waals surface area (Å²) < 4.78 is 46.7. The number of hydrogen-bond acceptors (Lipinski definition) is 7. The normalized spacial score (nSPS) is 19.9. The number of Topliss-reactive ketones (excluding diaryl/α,β-unsaturated/α-hetero) is 4. The molecule has 46 heavy (non-hydrogen) atoms. The molecule has 0 saturated heterocycles. The Morgan fingerprint density at radius 1 is 0.696 bits per heavy atom. The van der Waals surface area contributed by atoms with Gasteiger partial charge in [-0.1, -0.05) is 30.2 Å². The molecule has 1 spiro atoms. The number of halogens is 3. The van der Waals surface area contributed by atoms with Crippen molar-refractivity contribution in [2.75, 3.05) is 0 Å². The molecule has 2 aromatic carbocycles. The molecular formula is C36H23F3O5S2. The average molecular weight is 657 g/mol. The van der Waals surface area contributed by atoms with Crippen molar-refractivity contribution in [2.45, 2.75) is 50.8 Å². The highest BCUT2D eigenvalue weighted by Crippen LogP contribution is 2.57. The molecule has 1 saturated carbocycles. The zero-order valence-electron chi connectivity index (χ0n) is 24.3. The van der Waals surface area contributed by atoms with Gasteiger partial charge in [0.2, 0.25) is 23.1 Å². The molecule has 4 aromatic rings. The number of ketones is 4. The Labute approximate surface area is 269 Å². The molecule has 8 rings (SSSR count). The maximum atomic E-state index is 13.3. The van der Waals surface area contributed by atoms with Gasteiger partial charge in [0.25, 0.3) is 0 Å². The van der Waals surface area contributed by atoms with Crippen molar-refractivity contribution in [1.82, 2.24) is 0 Å². The molecule has 0 bridgehead atoms. The van der Waals surface area contributed by atoms with Crippen molar-refractivity contribution in [3.63, 3.8) is 0 Å². The maximum Gasteiger partial charge on any atom is 0.416 e.